The minimum Gasteiger partial charge on any atom is -0.337 e. The Kier molecular flexibility index (Phi) is 29.5. The van der Waals surface area contributed by atoms with Gasteiger partial charge in [0.15, 0.2) is 0 Å². The molecule has 8 saturated carbocycles. The molecule has 8 fully saturated rings. The average molecular weight is 2020 g/mol. The first-order valence-electron chi connectivity index (χ1n) is 49.7. The second kappa shape index (κ2) is 41.1. The molecule has 8 aliphatic carbocycles. The van der Waals surface area contributed by atoms with Crippen molar-refractivity contribution < 1.29 is 85.0 Å². The molecule has 756 valence electrons. The molecule has 12 atom stereocenters. The molecule has 33 heteroatoms. The first kappa shape index (κ1) is 102. The molecule has 16 nitrogen and oxygen atoms in total. The third-order valence-electron chi connectivity index (χ3n) is 33.0. The number of amides is 4. The van der Waals surface area contributed by atoms with E-state index < -0.39 is 80.4 Å². The molecule has 0 radical (unpaired) electrons. The van der Waals surface area contributed by atoms with E-state index in [1.807, 2.05) is 62.4 Å². The highest BCUT2D eigenvalue weighted by atomic mass is 35.5. The lowest BCUT2D eigenvalue weighted by Gasteiger charge is -2.37. The molecule has 9 aromatic rings. The molecule has 8 heterocycles. The van der Waals surface area contributed by atoms with E-state index in [-0.39, 0.29) is 92.0 Å². The Morgan fingerprint density at radius 1 is 0.352 bits per heavy atom. The number of alkyl halides is 15. The number of carbonyl (C=O) groups excluding carboxylic acids is 4. The van der Waals surface area contributed by atoms with Crippen molar-refractivity contribution in [1.29, 1.82) is 0 Å². The molecule has 4 aliphatic heterocycles. The average Bonchev–Trinajstić information content (AvgIpc) is 1.60. The molecule has 4 aromatic heterocycles. The molecule has 12 unspecified atom stereocenters. The summed E-state index contributed by atoms with van der Waals surface area (Å²) in [5, 5.41) is 15.7. The van der Waals surface area contributed by atoms with Crippen molar-refractivity contribution in [1.82, 2.24) is 60.8 Å². The van der Waals surface area contributed by atoms with E-state index in [9.17, 15) is 85.0 Å². The zero-order chi connectivity index (χ0) is 100. The van der Waals surface area contributed by atoms with Gasteiger partial charge in [-0.2, -0.15) is 65.9 Å². The fourth-order valence-electron chi connectivity index (χ4n) is 25.8. The van der Waals surface area contributed by atoms with Crippen molar-refractivity contribution in [2.24, 2.45) is 45.3 Å². The zero-order valence-electron chi connectivity index (χ0n) is 79.3. The van der Waals surface area contributed by atoms with Crippen LogP contribution in [0.2, 0.25) is 10.0 Å². The fraction of sp³-hybridized carbons (Fsp3) is 0.505. The number of carbonyl (C=O) groups is 4. The van der Waals surface area contributed by atoms with Crippen molar-refractivity contribution >= 4 is 46.8 Å². The third kappa shape index (κ3) is 21.8. The van der Waals surface area contributed by atoms with Crippen LogP contribution in [0.1, 0.15) is 235 Å². The molecular formula is C109H117Cl2F15N12O4. The van der Waals surface area contributed by atoms with Crippen molar-refractivity contribution in [2.75, 3.05) is 26.2 Å². The smallest absolute Gasteiger partial charge is 0.337 e. The van der Waals surface area contributed by atoms with Gasteiger partial charge in [0, 0.05) is 186 Å². The zero-order valence-corrected chi connectivity index (χ0v) is 80.8. The highest BCUT2D eigenvalue weighted by Crippen LogP contribution is 2.60. The quantitative estimate of drug-likeness (QED) is 0.0635. The number of fused-ring (bicyclic) bond motifs is 8. The van der Waals surface area contributed by atoms with Crippen LogP contribution in [0, 0.1) is 59.2 Å². The summed E-state index contributed by atoms with van der Waals surface area (Å²) >= 11 is 12.7. The van der Waals surface area contributed by atoms with Crippen LogP contribution in [-0.4, -0.2) is 114 Å². The van der Waals surface area contributed by atoms with Crippen LogP contribution in [0.5, 0.6) is 0 Å². The van der Waals surface area contributed by atoms with E-state index in [0.29, 0.717) is 147 Å². The Morgan fingerprint density at radius 2 is 0.676 bits per heavy atom. The molecule has 4 amide bonds. The van der Waals surface area contributed by atoms with Crippen molar-refractivity contribution in [2.45, 2.75) is 275 Å². The molecule has 12 aliphatic rings. The minimum absolute atomic E-state index is 0.0481. The Bertz CT molecular complexity index is 6130. The monoisotopic (exact) mass is 2010 g/mol. The topological polar surface area (TPSA) is 181 Å². The van der Waals surface area contributed by atoms with Gasteiger partial charge >= 0.3 is 30.9 Å². The van der Waals surface area contributed by atoms with Gasteiger partial charge in [-0.05, 0) is 249 Å². The van der Waals surface area contributed by atoms with E-state index in [0.717, 1.165) is 197 Å². The first-order chi connectivity index (χ1) is 67.6. The summed E-state index contributed by atoms with van der Waals surface area (Å²) in [5.41, 5.74) is 7.09. The molecular weight excluding hydrogens is 1900 g/mol. The molecule has 0 bridgehead atoms. The normalized spacial score (nSPS) is 25.9. The number of pyridine rings is 4. The van der Waals surface area contributed by atoms with Crippen LogP contribution in [0.25, 0.3) is 11.1 Å². The van der Waals surface area contributed by atoms with E-state index in [4.69, 9.17) is 23.2 Å². The van der Waals surface area contributed by atoms with Gasteiger partial charge < -0.3 is 40.9 Å². The number of aryl methyl sites for hydroxylation is 2. The molecule has 142 heavy (non-hydrogen) atoms. The fourth-order valence-corrected chi connectivity index (χ4v) is 26.3. The van der Waals surface area contributed by atoms with Crippen LogP contribution in [0.4, 0.5) is 65.9 Å². The van der Waals surface area contributed by atoms with Gasteiger partial charge in [-0.15, -0.1) is 0 Å². The second-order valence-corrected chi connectivity index (χ2v) is 42.5. The first-order valence-corrected chi connectivity index (χ1v) is 50.5. The molecule has 21 rings (SSSR count). The highest BCUT2D eigenvalue weighted by Gasteiger charge is 2.61. The predicted molar refractivity (Wildman–Crippen MR) is 508 cm³/mol. The number of nitrogens with zero attached hydrogens (tertiary/aromatic N) is 8. The number of halogens is 17. The van der Waals surface area contributed by atoms with Gasteiger partial charge in [0.25, 0.3) is 0 Å². The number of hydrogen-bond donors (Lipinski definition) is 4. The standard InChI is InChI=1S/C31H32F3N3O.2C26H29ClF3N3O.C26H27F6N3O/c32-31(33,34)26-15-24-20-37(14-12-28(24)36-19-26)29(38)30-13-4-7-25(30)16-27(17-30)35-18-21-8-10-23(11-9-21)22-5-2-1-3-6-22;1-16-4-5-17(9-22(16)27)13-31-21-11-19-3-2-7-25(19,12-21)24(34)33-8-6-23-18(15-33)10-20(14-32-23)26(28,29)30;1-16-4-5-17(22(27)9-16)13-31-21-11-19-3-2-7-25(19,12-21)24(34)33-8-6-23-18(15-33)10-20(14-32-23)26(28,29)30;27-25(28,29)19-10-17-15-35(9-7-22(17)34-14-19)23(36)24-8-3-5-18(24)11-20(12-24)33-13-16-4-1-2-6-21(16)26(30,31)32/h1-3,5-6,8-11,15,19,25,27,35H,4,7,12-14,16-18,20H2;2*4-5,9-10,14,19,21,31H,2-3,6-8,11-13,15H2,1H3;1-2,4,6,10,14,18,20,33H,3,5,7-9,11-13,15H2. The number of benzene rings is 5. The maximum Gasteiger partial charge on any atom is 0.417 e. The van der Waals surface area contributed by atoms with Gasteiger partial charge in [0.2, 0.25) is 23.6 Å². The number of hydrogen-bond acceptors (Lipinski definition) is 12. The molecule has 5 aromatic carbocycles. The summed E-state index contributed by atoms with van der Waals surface area (Å²) in [6.45, 7) is 8.81. The van der Waals surface area contributed by atoms with Crippen LogP contribution >= 0.6 is 23.2 Å². The summed E-state index contributed by atoms with van der Waals surface area (Å²) in [6.07, 6.45) is 0.836. The maximum atomic E-state index is 13.9. The predicted octanol–water partition coefficient (Wildman–Crippen LogP) is 23.5. The van der Waals surface area contributed by atoms with Crippen LogP contribution in [-0.2, 0) is 128 Å². The van der Waals surface area contributed by atoms with Crippen LogP contribution < -0.4 is 21.3 Å². The Labute approximate surface area is 826 Å². The summed E-state index contributed by atoms with van der Waals surface area (Å²) in [6, 6.07) is 41.7. The lowest BCUT2D eigenvalue weighted by molar-refractivity contribution is -0.145. The van der Waals surface area contributed by atoms with E-state index >= 15 is 0 Å². The SMILES string of the molecule is Cc1ccc(CNC2CC3CCCC3(C(=O)N3CCc4ncc(C(F)(F)F)cc4C3)C2)c(Cl)c1.Cc1ccc(CNC2CC3CCCC3(C(=O)N3CCc4ncc(C(F)(F)F)cc4C3)C2)cc1Cl.O=C(N1CCc2ncc(C(F)(F)F)cc2C1)C12CCCC1CC(NCc1ccc(-c3ccccc3)cc1)C2.O=C(N1CCc2ncc(C(F)(F)F)cc2C1)C12CCCC1CC(NCc1ccccc1C(F)(F)F)C2. The van der Waals surface area contributed by atoms with Gasteiger partial charge in [-0.3, -0.25) is 39.1 Å². The molecule has 0 spiro atoms. The lowest BCUT2D eigenvalue weighted by atomic mass is 9.78. The molecule has 0 saturated heterocycles. The van der Waals surface area contributed by atoms with Gasteiger partial charge in [0.05, 0.1) is 49.5 Å². The largest absolute Gasteiger partial charge is 0.417 e. The summed E-state index contributed by atoms with van der Waals surface area (Å²) in [7, 11) is 0. The second-order valence-electron chi connectivity index (χ2n) is 41.7. The minimum atomic E-state index is -4.50. The van der Waals surface area contributed by atoms with E-state index in [1.54, 1.807) is 25.7 Å². The number of rotatable bonds is 17. The highest BCUT2D eigenvalue weighted by molar-refractivity contribution is 6.31. The number of aromatic nitrogens is 4. The van der Waals surface area contributed by atoms with E-state index in [2.05, 4.69) is 83.7 Å². The van der Waals surface area contributed by atoms with Crippen molar-refractivity contribution in [3.05, 3.63) is 281 Å². The summed E-state index contributed by atoms with van der Waals surface area (Å²) in [5.74, 6) is 1.37. The Morgan fingerprint density at radius 3 is 1.02 bits per heavy atom. The van der Waals surface area contributed by atoms with Crippen LogP contribution in [0.3, 0.4) is 0 Å². The Balaban J connectivity index is 0.000000125. The Hall–Kier alpha value is -10.1. The summed E-state index contributed by atoms with van der Waals surface area (Å²) < 4.78 is 198. The van der Waals surface area contributed by atoms with Gasteiger partial charge in [0.1, 0.15) is 0 Å². The van der Waals surface area contributed by atoms with Crippen LogP contribution in [0.15, 0.2) is 164 Å². The third-order valence-corrected chi connectivity index (χ3v) is 33.8. The van der Waals surface area contributed by atoms with Crippen molar-refractivity contribution in [3.63, 3.8) is 0 Å². The van der Waals surface area contributed by atoms with Gasteiger partial charge in [-0.1, -0.05) is 146 Å². The van der Waals surface area contributed by atoms with E-state index in [1.165, 1.54) is 34.9 Å². The maximum absolute atomic E-state index is 13.9. The molecule has 4 N–H and O–H groups in total. The summed E-state index contributed by atoms with van der Waals surface area (Å²) in [4.78, 5) is 78.6. The number of nitrogens with one attached hydrogen (secondary N) is 4. The van der Waals surface area contributed by atoms with Gasteiger partial charge in [-0.25, -0.2) is 0 Å². The van der Waals surface area contributed by atoms with Crippen molar-refractivity contribution in [3.8, 4) is 11.1 Å². The lowest BCUT2D eigenvalue weighted by Crippen LogP contribution is -2.47.